The number of primary sulfonamides is 1. The molecule has 0 spiro atoms. The molecule has 0 aromatic heterocycles. The number of hydrogen-bond acceptors (Lipinski definition) is 8. The number of methoxy groups -OCH3 is 1. The van der Waals surface area contributed by atoms with Crippen LogP contribution in [0, 0.1) is 0 Å². The van der Waals surface area contributed by atoms with E-state index in [0.717, 1.165) is 0 Å². The van der Waals surface area contributed by atoms with Crippen LogP contribution in [0.2, 0.25) is 0 Å². The van der Waals surface area contributed by atoms with Gasteiger partial charge in [0.15, 0.2) is 11.5 Å². The zero-order valence-electron chi connectivity index (χ0n) is 17.9. The van der Waals surface area contributed by atoms with Crippen LogP contribution >= 0.6 is 0 Å². The lowest BCUT2D eigenvalue weighted by Gasteiger charge is -2.11. The van der Waals surface area contributed by atoms with Gasteiger partial charge in [0, 0.05) is 31.1 Å². The molecule has 0 fully saturated rings. The summed E-state index contributed by atoms with van der Waals surface area (Å²) in [6, 6.07) is 8.42. The summed E-state index contributed by atoms with van der Waals surface area (Å²) in [5.41, 5.74) is 0.220. The first kappa shape index (κ1) is 24.8. The van der Waals surface area contributed by atoms with Gasteiger partial charge in [0.1, 0.15) is 10.6 Å². The van der Waals surface area contributed by atoms with E-state index in [2.05, 4.69) is 10.0 Å². The van der Waals surface area contributed by atoms with E-state index in [4.69, 9.17) is 19.3 Å². The molecule has 33 heavy (non-hydrogen) atoms. The summed E-state index contributed by atoms with van der Waals surface area (Å²) in [7, 11) is -6.55. The number of carbonyl (C=O) groups excluding carboxylic acids is 1. The zero-order valence-corrected chi connectivity index (χ0v) is 19.5. The number of benzene rings is 2. The van der Waals surface area contributed by atoms with Gasteiger partial charge in [-0.05, 0) is 36.8 Å². The van der Waals surface area contributed by atoms with Gasteiger partial charge in [-0.3, -0.25) is 4.79 Å². The summed E-state index contributed by atoms with van der Waals surface area (Å²) in [5.74, 6) is 0.496. The second kappa shape index (κ2) is 10.4. The average molecular weight is 500 g/mol. The van der Waals surface area contributed by atoms with E-state index in [9.17, 15) is 21.6 Å². The summed E-state index contributed by atoms with van der Waals surface area (Å²) in [5, 5.41) is 7.72. The third kappa shape index (κ3) is 6.57. The average Bonchev–Trinajstić information content (AvgIpc) is 3.01. The van der Waals surface area contributed by atoms with Gasteiger partial charge in [0.2, 0.25) is 26.0 Å². The molecule has 1 heterocycles. The molecule has 1 aliphatic heterocycles. The summed E-state index contributed by atoms with van der Waals surface area (Å²) in [4.78, 5) is 12.0. The van der Waals surface area contributed by atoms with Crippen LogP contribution in [0.25, 0.3) is 0 Å². The molecule has 1 aliphatic rings. The van der Waals surface area contributed by atoms with Crippen molar-refractivity contribution in [2.75, 3.05) is 32.2 Å². The third-order valence-corrected chi connectivity index (χ3v) is 7.05. The minimum absolute atomic E-state index is 0.000393. The third-order valence-electron chi connectivity index (χ3n) is 4.66. The molecule has 0 saturated heterocycles. The Labute approximate surface area is 192 Å². The number of anilines is 1. The summed E-state index contributed by atoms with van der Waals surface area (Å²) in [6.45, 7) is 0.959. The van der Waals surface area contributed by atoms with Crippen molar-refractivity contribution in [3.63, 3.8) is 0 Å². The largest absolute Gasteiger partial charge is 0.495 e. The second-order valence-electron chi connectivity index (χ2n) is 7.12. The fraction of sp³-hybridized carbons (Fsp3) is 0.350. The topological polar surface area (TPSA) is 163 Å². The van der Waals surface area contributed by atoms with Crippen molar-refractivity contribution in [1.82, 2.24) is 4.72 Å². The molecule has 4 N–H and O–H groups in total. The van der Waals surface area contributed by atoms with E-state index in [0.29, 0.717) is 31.1 Å². The zero-order chi connectivity index (χ0) is 24.1. The van der Waals surface area contributed by atoms with E-state index in [1.165, 1.54) is 37.4 Å². The molecule has 0 aliphatic carbocycles. The van der Waals surface area contributed by atoms with Crippen LogP contribution in [0.3, 0.4) is 0 Å². The maximum atomic E-state index is 12.5. The second-order valence-corrected chi connectivity index (χ2v) is 10.4. The standard InChI is InChI=1S/C20H25N3O8S2/c1-29-17-7-5-14(12-19(17)32(21,25)26)23-20(24)4-2-9-22-33(27,28)15-6-8-16-18(13-15)31-11-3-10-30-16/h5-8,12-13,22H,2-4,9-11H2,1H3,(H,23,24)(H2,21,25,26). The maximum Gasteiger partial charge on any atom is 0.241 e. The Kier molecular flexibility index (Phi) is 7.79. The lowest BCUT2D eigenvalue weighted by molar-refractivity contribution is -0.116. The lowest BCUT2D eigenvalue weighted by Crippen LogP contribution is -2.26. The van der Waals surface area contributed by atoms with Gasteiger partial charge in [-0.2, -0.15) is 0 Å². The predicted octanol–water partition coefficient (Wildman–Crippen LogP) is 1.20. The molecule has 0 radical (unpaired) electrons. The lowest BCUT2D eigenvalue weighted by atomic mass is 10.2. The quantitative estimate of drug-likeness (QED) is 0.433. The molecule has 0 saturated carbocycles. The van der Waals surface area contributed by atoms with Gasteiger partial charge in [0.05, 0.1) is 25.2 Å². The highest BCUT2D eigenvalue weighted by molar-refractivity contribution is 7.89. The summed E-state index contributed by atoms with van der Waals surface area (Å²) in [6.07, 6.45) is 0.922. The normalized spacial score (nSPS) is 13.8. The Morgan fingerprint density at radius 2 is 1.79 bits per heavy atom. The van der Waals surface area contributed by atoms with Crippen molar-refractivity contribution < 1.29 is 35.8 Å². The molecule has 180 valence electrons. The van der Waals surface area contributed by atoms with Crippen LogP contribution in [0.15, 0.2) is 46.2 Å². The number of amides is 1. The van der Waals surface area contributed by atoms with E-state index in [1.807, 2.05) is 0 Å². The Morgan fingerprint density at radius 1 is 1.06 bits per heavy atom. The summed E-state index contributed by atoms with van der Waals surface area (Å²) >= 11 is 0. The number of nitrogens with one attached hydrogen (secondary N) is 2. The minimum Gasteiger partial charge on any atom is -0.495 e. The van der Waals surface area contributed by atoms with Crippen LogP contribution in [0.4, 0.5) is 5.69 Å². The molecule has 11 nitrogen and oxygen atoms in total. The van der Waals surface area contributed by atoms with Gasteiger partial charge < -0.3 is 19.5 Å². The van der Waals surface area contributed by atoms with Crippen molar-refractivity contribution in [2.45, 2.75) is 29.1 Å². The maximum absolute atomic E-state index is 12.5. The van der Waals surface area contributed by atoms with Crippen LogP contribution in [-0.2, 0) is 24.8 Å². The van der Waals surface area contributed by atoms with E-state index in [1.54, 1.807) is 6.07 Å². The predicted molar refractivity (Wildman–Crippen MR) is 119 cm³/mol. The number of ether oxygens (including phenoxy) is 3. The summed E-state index contributed by atoms with van der Waals surface area (Å²) < 4.78 is 66.9. The molecule has 0 atom stereocenters. The molecule has 0 bridgehead atoms. The first-order valence-corrected chi connectivity index (χ1v) is 13.0. The Hall–Kier alpha value is -2.87. The van der Waals surface area contributed by atoms with Gasteiger partial charge in [0.25, 0.3) is 0 Å². The Balaban J connectivity index is 1.53. The molecule has 13 heteroatoms. The molecule has 2 aromatic rings. The van der Waals surface area contributed by atoms with Gasteiger partial charge in [-0.25, -0.2) is 26.7 Å². The molecular weight excluding hydrogens is 474 g/mol. The Morgan fingerprint density at radius 3 is 2.48 bits per heavy atom. The molecule has 3 rings (SSSR count). The number of hydrogen-bond donors (Lipinski definition) is 3. The molecule has 0 unspecified atom stereocenters. The molecule has 1 amide bonds. The number of rotatable bonds is 9. The molecule has 2 aromatic carbocycles. The van der Waals surface area contributed by atoms with Crippen LogP contribution in [0.1, 0.15) is 19.3 Å². The van der Waals surface area contributed by atoms with Crippen LogP contribution in [0.5, 0.6) is 17.2 Å². The van der Waals surface area contributed by atoms with Crippen LogP contribution in [-0.4, -0.2) is 49.6 Å². The number of carbonyl (C=O) groups is 1. The van der Waals surface area contributed by atoms with Crippen molar-refractivity contribution in [1.29, 1.82) is 0 Å². The van der Waals surface area contributed by atoms with Gasteiger partial charge in [-0.15, -0.1) is 0 Å². The monoisotopic (exact) mass is 499 g/mol. The van der Waals surface area contributed by atoms with Gasteiger partial charge >= 0.3 is 0 Å². The highest BCUT2D eigenvalue weighted by atomic mass is 32.2. The molecular formula is C20H25N3O8S2. The van der Waals surface area contributed by atoms with E-state index < -0.39 is 26.0 Å². The minimum atomic E-state index is -4.05. The van der Waals surface area contributed by atoms with Crippen molar-refractivity contribution in [2.24, 2.45) is 5.14 Å². The first-order valence-electron chi connectivity index (χ1n) is 10.0. The van der Waals surface area contributed by atoms with Crippen molar-refractivity contribution >= 4 is 31.6 Å². The SMILES string of the molecule is COc1ccc(NC(=O)CCCNS(=O)(=O)c2ccc3c(c2)OCCCO3)cc1S(N)(=O)=O. The Bertz CT molecular complexity index is 1230. The van der Waals surface area contributed by atoms with Gasteiger partial charge in [-0.1, -0.05) is 0 Å². The number of nitrogens with two attached hydrogens (primary N) is 1. The van der Waals surface area contributed by atoms with E-state index in [-0.39, 0.29) is 40.6 Å². The van der Waals surface area contributed by atoms with E-state index >= 15 is 0 Å². The smallest absolute Gasteiger partial charge is 0.241 e. The van der Waals surface area contributed by atoms with Crippen molar-refractivity contribution in [3.05, 3.63) is 36.4 Å². The fourth-order valence-electron chi connectivity index (χ4n) is 3.05. The highest BCUT2D eigenvalue weighted by Crippen LogP contribution is 2.32. The number of fused-ring (bicyclic) bond motifs is 1. The number of sulfonamides is 2. The van der Waals surface area contributed by atoms with Crippen LogP contribution < -0.4 is 29.4 Å². The highest BCUT2D eigenvalue weighted by Gasteiger charge is 2.19. The fourth-order valence-corrected chi connectivity index (χ4v) is 4.86. The first-order chi connectivity index (χ1) is 15.6. The van der Waals surface area contributed by atoms with Crippen molar-refractivity contribution in [3.8, 4) is 17.2 Å².